The lowest BCUT2D eigenvalue weighted by Crippen LogP contribution is -2.53. The predicted molar refractivity (Wildman–Crippen MR) is 112 cm³/mol. The highest BCUT2D eigenvalue weighted by Crippen LogP contribution is 2.21. The monoisotopic (exact) mass is 386 g/mol. The molecule has 2 unspecified atom stereocenters. The minimum absolute atomic E-state index is 0.174. The molecule has 3 rings (SSSR count). The quantitative estimate of drug-likeness (QED) is 0.784. The van der Waals surface area contributed by atoms with Crippen LogP contribution < -0.4 is 5.73 Å². The lowest BCUT2D eigenvalue weighted by Gasteiger charge is -2.38. The molecule has 2 atom stereocenters. The lowest BCUT2D eigenvalue weighted by molar-refractivity contribution is -0.136. The number of anilines is 1. The molecule has 0 spiro atoms. The Labute approximate surface area is 168 Å². The van der Waals surface area contributed by atoms with Crippen LogP contribution in [0.25, 0.3) is 0 Å². The number of hydrogen-bond acceptors (Lipinski definition) is 4. The number of hydrogen-bond donors (Lipinski definition) is 1. The summed E-state index contributed by atoms with van der Waals surface area (Å²) in [6.45, 7) is 9.61. The van der Waals surface area contributed by atoms with E-state index in [1.165, 1.54) is 6.42 Å². The first kappa shape index (κ1) is 20.6. The highest BCUT2D eigenvalue weighted by Gasteiger charge is 2.28. The van der Waals surface area contributed by atoms with Crippen molar-refractivity contribution in [2.45, 2.75) is 33.1 Å². The van der Waals surface area contributed by atoms with Gasteiger partial charge in [0.15, 0.2) is 0 Å². The Morgan fingerprint density at radius 1 is 0.964 bits per heavy atom. The maximum Gasteiger partial charge on any atom is 0.236 e. The van der Waals surface area contributed by atoms with E-state index in [1.54, 1.807) is 0 Å². The van der Waals surface area contributed by atoms with Crippen LogP contribution in [0, 0.1) is 11.8 Å². The normalized spacial score (nSPS) is 23.6. The number of carbonyl (C=O) groups excluding carboxylic acids is 2. The van der Waals surface area contributed by atoms with Crippen molar-refractivity contribution < 1.29 is 9.59 Å². The third kappa shape index (κ3) is 5.47. The van der Waals surface area contributed by atoms with Gasteiger partial charge in [-0.25, -0.2) is 0 Å². The van der Waals surface area contributed by atoms with E-state index in [4.69, 9.17) is 5.73 Å². The molecule has 2 saturated heterocycles. The second-order valence-electron chi connectivity index (χ2n) is 8.60. The Balaban J connectivity index is 1.41. The fourth-order valence-electron chi connectivity index (χ4n) is 4.47. The second kappa shape index (κ2) is 9.41. The van der Waals surface area contributed by atoms with Crippen LogP contribution >= 0.6 is 0 Å². The standard InChI is InChI=1S/C22H34N4O2/c1-17-13-18(2)15-26(14-17)22(28)16-24-9-11-25(12-10-24)21(27)8-7-19-5-3-4-6-20(19)23/h3-6,17-18H,7-16,23H2,1-2H3. The molecule has 2 amide bonds. The number of nitrogen functional groups attached to an aromatic ring is 1. The van der Waals surface area contributed by atoms with E-state index in [-0.39, 0.29) is 11.8 Å². The first-order chi connectivity index (χ1) is 13.4. The molecule has 1 aromatic rings. The summed E-state index contributed by atoms with van der Waals surface area (Å²) in [6, 6.07) is 7.72. The molecule has 154 valence electrons. The van der Waals surface area contributed by atoms with Crippen LogP contribution in [0.2, 0.25) is 0 Å². The number of carbonyl (C=O) groups is 2. The molecular weight excluding hydrogens is 352 g/mol. The van der Waals surface area contributed by atoms with Crippen molar-refractivity contribution in [2.24, 2.45) is 11.8 Å². The van der Waals surface area contributed by atoms with Crippen LogP contribution in [-0.2, 0) is 16.0 Å². The van der Waals surface area contributed by atoms with Gasteiger partial charge in [-0.2, -0.15) is 0 Å². The van der Waals surface area contributed by atoms with Gasteiger partial charge in [0.2, 0.25) is 11.8 Å². The maximum absolute atomic E-state index is 12.7. The van der Waals surface area contributed by atoms with Gasteiger partial charge in [-0.15, -0.1) is 0 Å². The predicted octanol–water partition coefficient (Wildman–Crippen LogP) is 1.85. The summed E-state index contributed by atoms with van der Waals surface area (Å²) in [5, 5.41) is 0. The molecule has 1 aromatic carbocycles. The van der Waals surface area contributed by atoms with E-state index in [0.717, 1.165) is 37.4 Å². The van der Waals surface area contributed by atoms with Gasteiger partial charge in [0.05, 0.1) is 6.54 Å². The Bertz CT molecular complexity index is 675. The molecule has 28 heavy (non-hydrogen) atoms. The largest absolute Gasteiger partial charge is 0.399 e. The Kier molecular flexibility index (Phi) is 6.94. The van der Waals surface area contributed by atoms with E-state index >= 15 is 0 Å². The van der Waals surface area contributed by atoms with Crippen molar-refractivity contribution in [3.8, 4) is 0 Å². The minimum Gasteiger partial charge on any atom is -0.399 e. The summed E-state index contributed by atoms with van der Waals surface area (Å²) in [4.78, 5) is 31.3. The van der Waals surface area contributed by atoms with Crippen LogP contribution in [-0.4, -0.2) is 72.3 Å². The van der Waals surface area contributed by atoms with Gasteiger partial charge in [0.1, 0.15) is 0 Å². The topological polar surface area (TPSA) is 69.9 Å². The molecule has 2 aliphatic heterocycles. The summed E-state index contributed by atoms with van der Waals surface area (Å²) in [5.41, 5.74) is 7.74. The number of amides is 2. The van der Waals surface area contributed by atoms with Crippen LogP contribution in [0.3, 0.4) is 0 Å². The second-order valence-corrected chi connectivity index (χ2v) is 8.60. The third-order valence-electron chi connectivity index (χ3n) is 5.97. The highest BCUT2D eigenvalue weighted by atomic mass is 16.2. The SMILES string of the molecule is CC1CC(C)CN(C(=O)CN2CCN(C(=O)CCc3ccccc3N)CC2)C1. The maximum atomic E-state index is 12.7. The molecule has 2 aliphatic rings. The van der Waals surface area contributed by atoms with Gasteiger partial charge in [-0.3, -0.25) is 14.5 Å². The van der Waals surface area contributed by atoms with Gasteiger partial charge in [0.25, 0.3) is 0 Å². The average Bonchev–Trinajstić information content (AvgIpc) is 2.67. The van der Waals surface area contributed by atoms with E-state index in [9.17, 15) is 9.59 Å². The van der Waals surface area contributed by atoms with Gasteiger partial charge in [0, 0.05) is 51.4 Å². The molecule has 0 bridgehead atoms. The number of nitrogens with two attached hydrogens (primary N) is 1. The van der Waals surface area contributed by atoms with E-state index in [0.29, 0.717) is 44.3 Å². The Morgan fingerprint density at radius 2 is 1.61 bits per heavy atom. The molecule has 0 aliphatic carbocycles. The minimum atomic E-state index is 0.174. The van der Waals surface area contributed by atoms with Crippen molar-refractivity contribution >= 4 is 17.5 Å². The van der Waals surface area contributed by atoms with Gasteiger partial charge in [-0.05, 0) is 36.3 Å². The number of piperidine rings is 1. The zero-order chi connectivity index (χ0) is 20.1. The van der Waals surface area contributed by atoms with E-state index < -0.39 is 0 Å². The van der Waals surface area contributed by atoms with E-state index in [1.807, 2.05) is 34.1 Å². The lowest BCUT2D eigenvalue weighted by atomic mass is 9.92. The molecule has 6 heteroatoms. The molecular formula is C22H34N4O2. The van der Waals surface area contributed by atoms with Crippen LogP contribution in [0.1, 0.15) is 32.3 Å². The number of nitrogens with zero attached hydrogens (tertiary/aromatic N) is 3. The fraction of sp³-hybridized carbons (Fsp3) is 0.636. The molecule has 0 aromatic heterocycles. The summed E-state index contributed by atoms with van der Waals surface area (Å²) in [6.07, 6.45) is 2.37. The fourth-order valence-corrected chi connectivity index (χ4v) is 4.47. The summed E-state index contributed by atoms with van der Waals surface area (Å²) in [5.74, 6) is 1.58. The highest BCUT2D eigenvalue weighted by molar-refractivity contribution is 5.79. The van der Waals surface area contributed by atoms with Crippen LogP contribution in [0.5, 0.6) is 0 Å². The van der Waals surface area contributed by atoms with Crippen LogP contribution in [0.4, 0.5) is 5.69 Å². The Morgan fingerprint density at radius 3 is 2.25 bits per heavy atom. The van der Waals surface area contributed by atoms with E-state index in [2.05, 4.69) is 18.7 Å². The third-order valence-corrected chi connectivity index (χ3v) is 5.97. The van der Waals surface area contributed by atoms with Gasteiger partial charge in [-0.1, -0.05) is 32.0 Å². The molecule has 0 saturated carbocycles. The molecule has 2 heterocycles. The zero-order valence-electron chi connectivity index (χ0n) is 17.3. The summed E-state index contributed by atoms with van der Waals surface area (Å²) >= 11 is 0. The molecule has 0 radical (unpaired) electrons. The van der Waals surface area contributed by atoms with Crippen molar-refractivity contribution in [2.75, 3.05) is 51.5 Å². The number of benzene rings is 1. The van der Waals surface area contributed by atoms with Crippen molar-refractivity contribution in [1.82, 2.24) is 14.7 Å². The average molecular weight is 387 g/mol. The van der Waals surface area contributed by atoms with Gasteiger partial charge >= 0.3 is 0 Å². The number of piperazine rings is 1. The summed E-state index contributed by atoms with van der Waals surface area (Å²) < 4.78 is 0. The van der Waals surface area contributed by atoms with Crippen molar-refractivity contribution in [3.05, 3.63) is 29.8 Å². The number of likely N-dealkylation sites (tertiary alicyclic amines) is 1. The summed E-state index contributed by atoms with van der Waals surface area (Å²) in [7, 11) is 0. The molecule has 6 nitrogen and oxygen atoms in total. The smallest absolute Gasteiger partial charge is 0.236 e. The number of aryl methyl sites for hydroxylation is 1. The Hall–Kier alpha value is -2.08. The van der Waals surface area contributed by atoms with Crippen molar-refractivity contribution in [1.29, 1.82) is 0 Å². The first-order valence-corrected chi connectivity index (χ1v) is 10.5. The molecule has 2 fully saturated rings. The zero-order valence-corrected chi connectivity index (χ0v) is 17.3. The molecule has 2 N–H and O–H groups in total. The first-order valence-electron chi connectivity index (χ1n) is 10.5. The van der Waals surface area contributed by atoms with Crippen LogP contribution in [0.15, 0.2) is 24.3 Å². The number of para-hydroxylation sites is 1. The van der Waals surface area contributed by atoms with Crippen molar-refractivity contribution in [3.63, 3.8) is 0 Å². The van der Waals surface area contributed by atoms with Gasteiger partial charge < -0.3 is 15.5 Å². The number of rotatable bonds is 5.